The third-order valence-corrected chi connectivity index (χ3v) is 5.27. The van der Waals surface area contributed by atoms with Crippen molar-refractivity contribution < 1.29 is 4.79 Å². The zero-order valence-corrected chi connectivity index (χ0v) is 17.0. The maximum Gasteiger partial charge on any atom is 0.258 e. The van der Waals surface area contributed by atoms with E-state index in [4.69, 9.17) is 16.7 Å². The summed E-state index contributed by atoms with van der Waals surface area (Å²) in [5.74, 6) is -0.0174. The normalized spacial score (nSPS) is 17.7. The number of hydrogen-bond acceptors (Lipinski definition) is 3. The Hall–Kier alpha value is -2.95. The highest BCUT2D eigenvalue weighted by Crippen LogP contribution is 2.33. The monoisotopic (exact) mass is 403 g/mol. The Morgan fingerprint density at radius 2 is 1.59 bits per heavy atom. The number of amides is 1. The molecular weight excluding hydrogens is 382 g/mol. The van der Waals surface area contributed by atoms with Gasteiger partial charge in [-0.25, -0.2) is 5.01 Å². The molecule has 1 heterocycles. The maximum atomic E-state index is 12.9. The summed E-state index contributed by atoms with van der Waals surface area (Å²) in [5, 5.41) is 7.00. The minimum absolute atomic E-state index is 0.0174. The minimum Gasteiger partial charge on any atom is -0.271 e. The largest absolute Gasteiger partial charge is 0.271 e. The highest BCUT2D eigenvalue weighted by atomic mass is 35.5. The predicted octanol–water partition coefficient (Wildman–Crippen LogP) is 5.11. The third kappa shape index (κ3) is 4.39. The van der Waals surface area contributed by atoms with Gasteiger partial charge in [-0.1, -0.05) is 84.4 Å². The van der Waals surface area contributed by atoms with Crippen molar-refractivity contribution >= 4 is 23.2 Å². The van der Waals surface area contributed by atoms with E-state index >= 15 is 0 Å². The van der Waals surface area contributed by atoms with Gasteiger partial charge >= 0.3 is 0 Å². The summed E-state index contributed by atoms with van der Waals surface area (Å²) in [4.78, 5) is 15.1. The molecule has 1 aliphatic heterocycles. The average molecular weight is 404 g/mol. The summed E-state index contributed by atoms with van der Waals surface area (Å²) in [6.07, 6.45) is -0.279. The van der Waals surface area contributed by atoms with E-state index in [1.807, 2.05) is 79.7 Å². The van der Waals surface area contributed by atoms with Crippen LogP contribution < -0.4 is 0 Å². The average Bonchev–Trinajstić information content (AvgIpc) is 3.04. The van der Waals surface area contributed by atoms with Gasteiger partial charge in [0.05, 0.1) is 12.3 Å². The van der Waals surface area contributed by atoms with E-state index < -0.39 is 0 Å². The number of rotatable bonds is 5. The topological polar surface area (TPSA) is 35.9 Å². The molecule has 0 saturated carbocycles. The number of hydrazone groups is 1. The quantitative estimate of drug-likeness (QED) is 0.555. The van der Waals surface area contributed by atoms with Gasteiger partial charge in [0.1, 0.15) is 6.17 Å². The molecule has 0 aromatic heterocycles. The van der Waals surface area contributed by atoms with Crippen LogP contribution in [0.5, 0.6) is 0 Å². The molecule has 1 fully saturated rings. The van der Waals surface area contributed by atoms with Crippen LogP contribution >= 0.6 is 11.6 Å². The fraction of sp³-hybridized carbons (Fsp3) is 0.167. The highest BCUT2D eigenvalue weighted by Gasteiger charge is 2.39. The molecule has 0 unspecified atom stereocenters. The van der Waals surface area contributed by atoms with Crippen LogP contribution in [0.1, 0.15) is 29.8 Å². The molecule has 1 atom stereocenters. The maximum absolute atomic E-state index is 12.9. The second-order valence-electron chi connectivity index (χ2n) is 7.11. The first-order valence-electron chi connectivity index (χ1n) is 9.58. The number of halogens is 1. The second-order valence-corrected chi connectivity index (χ2v) is 7.54. The molecule has 0 spiro atoms. The highest BCUT2D eigenvalue weighted by molar-refractivity contribution is 6.30. The van der Waals surface area contributed by atoms with Crippen molar-refractivity contribution in [3.8, 4) is 0 Å². The third-order valence-electron chi connectivity index (χ3n) is 5.02. The fourth-order valence-corrected chi connectivity index (χ4v) is 3.71. The van der Waals surface area contributed by atoms with E-state index in [1.54, 1.807) is 5.01 Å². The second kappa shape index (κ2) is 8.60. The van der Waals surface area contributed by atoms with Crippen molar-refractivity contribution in [2.75, 3.05) is 6.54 Å². The Kier molecular flexibility index (Phi) is 5.74. The lowest BCUT2D eigenvalue weighted by Crippen LogP contribution is -2.29. The van der Waals surface area contributed by atoms with E-state index in [9.17, 15) is 4.79 Å². The van der Waals surface area contributed by atoms with Crippen LogP contribution in [-0.4, -0.2) is 28.1 Å². The Balaban J connectivity index is 1.70. The van der Waals surface area contributed by atoms with E-state index in [0.29, 0.717) is 18.1 Å². The van der Waals surface area contributed by atoms with Gasteiger partial charge in [0.2, 0.25) is 0 Å². The van der Waals surface area contributed by atoms with Crippen molar-refractivity contribution in [2.45, 2.75) is 19.6 Å². The van der Waals surface area contributed by atoms with E-state index in [0.717, 1.165) is 22.4 Å². The summed E-state index contributed by atoms with van der Waals surface area (Å²) in [7, 11) is 0. The Morgan fingerprint density at radius 1 is 0.966 bits per heavy atom. The van der Waals surface area contributed by atoms with Crippen LogP contribution in [0, 0.1) is 0 Å². The molecule has 3 aromatic carbocycles. The molecule has 1 aliphatic rings. The lowest BCUT2D eigenvalue weighted by atomic mass is 10.1. The van der Waals surface area contributed by atoms with E-state index in [-0.39, 0.29) is 12.1 Å². The molecule has 0 radical (unpaired) electrons. The van der Waals surface area contributed by atoms with Gasteiger partial charge in [0.15, 0.2) is 0 Å². The Labute approximate surface area is 176 Å². The van der Waals surface area contributed by atoms with Gasteiger partial charge in [-0.15, -0.1) is 0 Å². The van der Waals surface area contributed by atoms with Gasteiger partial charge in [0, 0.05) is 11.6 Å². The van der Waals surface area contributed by atoms with Crippen LogP contribution in [0.25, 0.3) is 0 Å². The molecule has 3 aromatic rings. The minimum atomic E-state index is -0.279. The first kappa shape index (κ1) is 19.4. The number of benzene rings is 3. The molecule has 0 aliphatic carbocycles. The molecular formula is C24H22ClN3O. The summed E-state index contributed by atoms with van der Waals surface area (Å²) in [5.41, 5.74) is 3.95. The predicted molar refractivity (Wildman–Crippen MR) is 117 cm³/mol. The first-order chi connectivity index (χ1) is 14.1. The lowest BCUT2D eigenvalue weighted by molar-refractivity contribution is -0.128. The van der Waals surface area contributed by atoms with Crippen molar-refractivity contribution in [1.82, 2.24) is 9.91 Å². The Bertz CT molecular complexity index is 1000. The summed E-state index contributed by atoms with van der Waals surface area (Å²) in [6, 6.07) is 27.7. The van der Waals surface area contributed by atoms with E-state index in [1.165, 1.54) is 0 Å². The molecule has 5 heteroatoms. The Morgan fingerprint density at radius 3 is 2.24 bits per heavy atom. The zero-order valence-electron chi connectivity index (χ0n) is 16.2. The molecule has 1 saturated heterocycles. The van der Waals surface area contributed by atoms with Crippen molar-refractivity contribution in [3.63, 3.8) is 0 Å². The van der Waals surface area contributed by atoms with Gasteiger partial charge in [0.25, 0.3) is 5.91 Å². The number of carbonyl (C=O) groups is 1. The molecule has 4 nitrogen and oxygen atoms in total. The zero-order chi connectivity index (χ0) is 20.2. The van der Waals surface area contributed by atoms with Crippen molar-refractivity contribution in [3.05, 3.63) is 107 Å². The number of nitrogens with zero attached hydrogens (tertiary/aromatic N) is 3. The standard InChI is InChI=1S/C24H22ClN3O/c1-18(20-10-6-3-7-11-20)26-28-23(29)17-27(16-19-8-4-2-5-9-19)24(28)21-12-14-22(25)15-13-21/h2-15,24H,16-17H2,1H3/b26-18-/t24-/m1/s1. The molecule has 4 rings (SSSR count). The lowest BCUT2D eigenvalue weighted by Gasteiger charge is -2.28. The van der Waals surface area contributed by atoms with Gasteiger partial charge < -0.3 is 0 Å². The molecule has 146 valence electrons. The van der Waals surface area contributed by atoms with Crippen LogP contribution in [0.2, 0.25) is 5.02 Å². The summed E-state index contributed by atoms with van der Waals surface area (Å²) >= 11 is 6.09. The van der Waals surface area contributed by atoms with Crippen LogP contribution in [0.4, 0.5) is 0 Å². The number of hydrogen-bond donors (Lipinski definition) is 0. The molecule has 0 bridgehead atoms. The fourth-order valence-electron chi connectivity index (χ4n) is 3.58. The number of carbonyl (C=O) groups excluding carboxylic acids is 1. The SMILES string of the molecule is C/C(=N/N1C(=O)CN(Cc2ccccc2)[C@H]1c1ccc(Cl)cc1)c1ccccc1. The van der Waals surface area contributed by atoms with Gasteiger partial charge in [-0.05, 0) is 35.7 Å². The van der Waals surface area contributed by atoms with Crippen molar-refractivity contribution in [2.24, 2.45) is 5.10 Å². The van der Waals surface area contributed by atoms with Gasteiger partial charge in [-0.2, -0.15) is 5.10 Å². The summed E-state index contributed by atoms with van der Waals surface area (Å²) < 4.78 is 0. The first-order valence-corrected chi connectivity index (χ1v) is 9.96. The van der Waals surface area contributed by atoms with Crippen molar-refractivity contribution in [1.29, 1.82) is 0 Å². The smallest absolute Gasteiger partial charge is 0.258 e. The molecule has 1 amide bonds. The van der Waals surface area contributed by atoms with Crippen LogP contribution in [0.15, 0.2) is 90.0 Å². The van der Waals surface area contributed by atoms with E-state index in [2.05, 4.69) is 17.0 Å². The summed E-state index contributed by atoms with van der Waals surface area (Å²) in [6.45, 7) is 2.91. The molecule has 29 heavy (non-hydrogen) atoms. The van der Waals surface area contributed by atoms with Crippen LogP contribution in [-0.2, 0) is 11.3 Å². The van der Waals surface area contributed by atoms with Crippen LogP contribution in [0.3, 0.4) is 0 Å². The van der Waals surface area contributed by atoms with Gasteiger partial charge in [-0.3, -0.25) is 9.69 Å². The molecule has 0 N–H and O–H groups in total.